The molecule has 3 heterocycles. The number of amides is 1. The SMILES string of the molecule is C=CCOC(=O)N1C(O[SiH](C)C)[C@@H](C(C)(C)C)C[C@@H]1C(OC(C)=S)c1csc2cncn12. The Labute approximate surface area is 201 Å². The van der Waals surface area contributed by atoms with E-state index in [-0.39, 0.29) is 24.0 Å². The largest absolute Gasteiger partial charge is 0.476 e. The van der Waals surface area contributed by atoms with Gasteiger partial charge in [-0.2, -0.15) is 0 Å². The quantitative estimate of drug-likeness (QED) is 0.299. The Kier molecular flexibility index (Phi) is 7.79. The average molecular weight is 496 g/mol. The molecule has 32 heavy (non-hydrogen) atoms. The molecule has 2 aromatic rings. The third kappa shape index (κ3) is 5.24. The molecule has 0 aliphatic carbocycles. The zero-order valence-corrected chi connectivity index (χ0v) is 22.4. The summed E-state index contributed by atoms with van der Waals surface area (Å²) in [5.41, 5.74) is 0.823. The van der Waals surface area contributed by atoms with E-state index in [0.29, 0.717) is 11.5 Å². The van der Waals surface area contributed by atoms with Crippen LogP contribution >= 0.6 is 23.6 Å². The molecular formula is C22H33N3O4S2Si. The number of fused-ring (bicyclic) bond motifs is 1. The van der Waals surface area contributed by atoms with Gasteiger partial charge < -0.3 is 13.9 Å². The zero-order valence-electron chi connectivity index (χ0n) is 19.6. The van der Waals surface area contributed by atoms with E-state index in [1.807, 2.05) is 16.0 Å². The zero-order chi connectivity index (χ0) is 23.6. The maximum Gasteiger partial charge on any atom is 0.412 e. The van der Waals surface area contributed by atoms with Crippen molar-refractivity contribution in [3.05, 3.63) is 36.3 Å². The Balaban J connectivity index is 2.10. The summed E-state index contributed by atoms with van der Waals surface area (Å²) in [5.74, 6) is 0.104. The first kappa shape index (κ1) is 24.9. The molecule has 1 saturated heterocycles. The van der Waals surface area contributed by atoms with Crippen molar-refractivity contribution in [2.24, 2.45) is 11.3 Å². The number of thiazole rings is 1. The van der Waals surface area contributed by atoms with Crippen LogP contribution in [0.15, 0.2) is 30.6 Å². The van der Waals surface area contributed by atoms with Crippen LogP contribution in [0.1, 0.15) is 45.9 Å². The summed E-state index contributed by atoms with van der Waals surface area (Å²) in [6, 6.07) is -0.313. The molecule has 176 valence electrons. The molecule has 0 spiro atoms. The monoisotopic (exact) mass is 495 g/mol. The van der Waals surface area contributed by atoms with Crippen molar-refractivity contribution < 1.29 is 18.7 Å². The molecule has 0 saturated carbocycles. The molecular weight excluding hydrogens is 462 g/mol. The van der Waals surface area contributed by atoms with Gasteiger partial charge in [0.2, 0.25) is 0 Å². The fourth-order valence-corrected chi connectivity index (χ4v) is 6.13. The van der Waals surface area contributed by atoms with E-state index in [0.717, 1.165) is 10.5 Å². The molecule has 0 aromatic carbocycles. The van der Waals surface area contributed by atoms with Gasteiger partial charge >= 0.3 is 6.09 Å². The Morgan fingerprint density at radius 3 is 2.78 bits per heavy atom. The first-order valence-electron chi connectivity index (χ1n) is 10.8. The number of ether oxygens (including phenoxy) is 2. The predicted molar refractivity (Wildman–Crippen MR) is 134 cm³/mol. The highest BCUT2D eigenvalue weighted by molar-refractivity contribution is 7.80. The van der Waals surface area contributed by atoms with Crippen molar-refractivity contribution in [2.75, 3.05) is 6.61 Å². The normalized spacial score (nSPS) is 22.3. The lowest BCUT2D eigenvalue weighted by atomic mass is 9.78. The highest BCUT2D eigenvalue weighted by Gasteiger charge is 2.53. The van der Waals surface area contributed by atoms with Gasteiger partial charge in [0.15, 0.2) is 20.2 Å². The van der Waals surface area contributed by atoms with Crippen LogP contribution in [0.25, 0.3) is 4.83 Å². The molecule has 1 fully saturated rings. The van der Waals surface area contributed by atoms with E-state index in [9.17, 15) is 4.79 Å². The lowest BCUT2D eigenvalue weighted by Gasteiger charge is -2.37. The number of aromatic nitrogens is 2. The summed E-state index contributed by atoms with van der Waals surface area (Å²) in [6.07, 6.45) is 4.57. The Morgan fingerprint density at radius 2 is 2.19 bits per heavy atom. The van der Waals surface area contributed by atoms with E-state index in [2.05, 4.69) is 45.4 Å². The van der Waals surface area contributed by atoms with E-state index in [1.165, 1.54) is 0 Å². The fourth-order valence-electron chi connectivity index (χ4n) is 4.27. The molecule has 1 amide bonds. The lowest BCUT2D eigenvalue weighted by molar-refractivity contribution is -0.0280. The molecule has 1 aliphatic heterocycles. The molecule has 1 aliphatic rings. The number of thiocarbonyl (C=S) groups is 1. The van der Waals surface area contributed by atoms with Gasteiger partial charge in [-0.25, -0.2) is 9.78 Å². The van der Waals surface area contributed by atoms with Crippen LogP contribution in [-0.2, 0) is 13.9 Å². The maximum atomic E-state index is 13.3. The molecule has 7 nitrogen and oxygen atoms in total. The van der Waals surface area contributed by atoms with Crippen LogP contribution in [0.4, 0.5) is 4.79 Å². The van der Waals surface area contributed by atoms with Crippen molar-refractivity contribution in [1.82, 2.24) is 14.3 Å². The highest BCUT2D eigenvalue weighted by Crippen LogP contribution is 2.47. The molecule has 0 radical (unpaired) electrons. The van der Waals surface area contributed by atoms with Gasteiger partial charge in [0.05, 0.1) is 17.9 Å². The molecule has 3 rings (SSSR count). The van der Waals surface area contributed by atoms with Gasteiger partial charge in [0, 0.05) is 18.2 Å². The smallest absolute Gasteiger partial charge is 0.412 e. The summed E-state index contributed by atoms with van der Waals surface area (Å²) in [5, 5.41) is 2.47. The Hall–Kier alpha value is -1.75. The van der Waals surface area contributed by atoms with Gasteiger partial charge in [-0.15, -0.1) is 11.3 Å². The molecule has 10 heteroatoms. The minimum atomic E-state index is -1.47. The highest BCUT2D eigenvalue weighted by atomic mass is 32.1. The number of carbonyl (C=O) groups is 1. The van der Waals surface area contributed by atoms with E-state index >= 15 is 0 Å². The summed E-state index contributed by atoms with van der Waals surface area (Å²) < 4.78 is 20.2. The second kappa shape index (κ2) is 10.0. The maximum absolute atomic E-state index is 13.3. The molecule has 0 bridgehead atoms. The number of hydrogen-bond acceptors (Lipinski definition) is 7. The topological polar surface area (TPSA) is 65.3 Å². The average Bonchev–Trinajstić information content (AvgIpc) is 3.37. The summed E-state index contributed by atoms with van der Waals surface area (Å²) in [7, 11) is -1.47. The van der Waals surface area contributed by atoms with Crippen molar-refractivity contribution in [2.45, 2.75) is 65.6 Å². The third-order valence-corrected chi connectivity index (χ3v) is 7.47. The van der Waals surface area contributed by atoms with Crippen LogP contribution in [0.2, 0.25) is 13.1 Å². The van der Waals surface area contributed by atoms with Gasteiger partial charge in [-0.1, -0.05) is 33.4 Å². The van der Waals surface area contributed by atoms with Gasteiger partial charge in [-0.3, -0.25) is 9.30 Å². The number of likely N-dealkylation sites (tertiary alicyclic amines) is 1. The predicted octanol–water partition coefficient (Wildman–Crippen LogP) is 5.19. The number of nitrogens with zero attached hydrogens (tertiary/aromatic N) is 3. The van der Waals surface area contributed by atoms with Crippen LogP contribution in [-0.4, -0.2) is 53.3 Å². The summed E-state index contributed by atoms with van der Waals surface area (Å²) >= 11 is 6.92. The number of carbonyl (C=O) groups excluding carboxylic acids is 1. The minimum absolute atomic E-state index is 0.0874. The first-order chi connectivity index (χ1) is 15.0. The van der Waals surface area contributed by atoms with E-state index in [1.54, 1.807) is 35.6 Å². The van der Waals surface area contributed by atoms with Gasteiger partial charge in [0.25, 0.3) is 0 Å². The number of rotatable bonds is 7. The van der Waals surface area contributed by atoms with E-state index in [4.69, 9.17) is 26.1 Å². The molecule has 4 atom stereocenters. The van der Waals surface area contributed by atoms with Crippen LogP contribution in [0.5, 0.6) is 0 Å². The van der Waals surface area contributed by atoms with Crippen LogP contribution in [0.3, 0.4) is 0 Å². The fraction of sp³-hybridized carbons (Fsp3) is 0.591. The van der Waals surface area contributed by atoms with E-state index < -0.39 is 27.5 Å². The van der Waals surface area contributed by atoms with Crippen LogP contribution < -0.4 is 0 Å². The van der Waals surface area contributed by atoms with Gasteiger partial charge in [-0.05, 0) is 37.1 Å². The van der Waals surface area contributed by atoms with Crippen molar-refractivity contribution in [3.63, 3.8) is 0 Å². The van der Waals surface area contributed by atoms with Crippen molar-refractivity contribution in [1.29, 1.82) is 0 Å². The second-order valence-corrected chi connectivity index (χ2v) is 13.3. The number of imidazole rings is 1. The molecule has 2 aromatic heterocycles. The minimum Gasteiger partial charge on any atom is -0.476 e. The summed E-state index contributed by atoms with van der Waals surface area (Å²) in [6.45, 7) is 16.3. The Morgan fingerprint density at radius 1 is 1.47 bits per heavy atom. The molecule has 0 N–H and O–H groups in total. The number of hydrogen-bond donors (Lipinski definition) is 0. The Bertz CT molecular complexity index is 968. The van der Waals surface area contributed by atoms with Crippen molar-refractivity contribution >= 4 is 48.6 Å². The van der Waals surface area contributed by atoms with Crippen LogP contribution in [0, 0.1) is 11.3 Å². The molecule has 2 unspecified atom stereocenters. The third-order valence-electron chi connectivity index (χ3n) is 5.65. The van der Waals surface area contributed by atoms with Crippen molar-refractivity contribution in [3.8, 4) is 0 Å². The summed E-state index contributed by atoms with van der Waals surface area (Å²) in [4.78, 5) is 20.4. The first-order valence-corrected chi connectivity index (χ1v) is 14.9. The second-order valence-electron chi connectivity index (χ2n) is 9.42. The standard InChI is InChI=1S/C22H33N3O4S2Si/c1-8-9-27-21(26)25-16(10-15(22(3,4)5)20(25)29-32(6)7)19(28-14(2)30)17-12-31-18-11-23-13-24(17)18/h8,11-13,15-16,19-20,32H,1,9-10H2,2-7H3/t15-,16+,19?,20?/m0/s1. The lowest BCUT2D eigenvalue weighted by Crippen LogP contribution is -2.49. The van der Waals surface area contributed by atoms with Gasteiger partial charge in [0.1, 0.15) is 24.0 Å².